The van der Waals surface area contributed by atoms with Gasteiger partial charge in [-0.1, -0.05) is 6.07 Å². The molecule has 0 aliphatic heterocycles. The molecule has 0 saturated heterocycles. The SMILES string of the molecule is O=[P+](O)C(O)(c1cccs1)[P+](=O)F. The van der Waals surface area contributed by atoms with Crippen LogP contribution < -0.4 is 0 Å². The van der Waals surface area contributed by atoms with Gasteiger partial charge in [0.1, 0.15) is 4.88 Å². The molecule has 0 aromatic carbocycles. The van der Waals surface area contributed by atoms with Crippen molar-refractivity contribution in [3.05, 3.63) is 22.4 Å². The summed E-state index contributed by atoms with van der Waals surface area (Å²) in [6.07, 6.45) is 0. The summed E-state index contributed by atoms with van der Waals surface area (Å²) < 4.78 is 33.6. The Morgan fingerprint density at radius 2 is 2.15 bits per heavy atom. The van der Waals surface area contributed by atoms with Crippen LogP contribution in [0.2, 0.25) is 0 Å². The molecule has 70 valence electrons. The molecule has 3 unspecified atom stereocenters. The summed E-state index contributed by atoms with van der Waals surface area (Å²) >= 11 is 0.869. The molecule has 2 N–H and O–H groups in total. The molecule has 0 aliphatic carbocycles. The Morgan fingerprint density at radius 1 is 1.54 bits per heavy atom. The summed E-state index contributed by atoms with van der Waals surface area (Å²) in [7, 11) is -6.93. The molecule has 1 heterocycles. The number of halogens is 1. The van der Waals surface area contributed by atoms with Crippen molar-refractivity contribution in [3.8, 4) is 0 Å². The first-order valence-electron chi connectivity index (χ1n) is 3.05. The van der Waals surface area contributed by atoms with E-state index in [1.165, 1.54) is 17.5 Å². The fourth-order valence-corrected chi connectivity index (χ4v) is 3.15. The van der Waals surface area contributed by atoms with Crippen molar-refractivity contribution in [1.29, 1.82) is 0 Å². The zero-order valence-electron chi connectivity index (χ0n) is 6.12. The monoisotopic (exact) mass is 242 g/mol. The predicted molar refractivity (Wildman–Crippen MR) is 46.8 cm³/mol. The fraction of sp³-hybridized carbons (Fsp3) is 0.200. The molecule has 3 atom stereocenters. The minimum Gasteiger partial charge on any atom is -0.300 e. The molecule has 0 saturated carbocycles. The Hall–Kier alpha value is -0.250. The summed E-state index contributed by atoms with van der Waals surface area (Å²) in [6.45, 7) is 0. The van der Waals surface area contributed by atoms with Gasteiger partial charge in [0.2, 0.25) is 0 Å². The Labute approximate surface area is 78.8 Å². The largest absolute Gasteiger partial charge is 0.656 e. The van der Waals surface area contributed by atoms with Gasteiger partial charge in [0.05, 0.1) is 4.20 Å². The van der Waals surface area contributed by atoms with Crippen molar-refractivity contribution in [2.45, 2.75) is 5.08 Å². The van der Waals surface area contributed by atoms with E-state index in [-0.39, 0.29) is 4.88 Å². The molecule has 4 nitrogen and oxygen atoms in total. The van der Waals surface area contributed by atoms with Crippen molar-refractivity contribution in [1.82, 2.24) is 0 Å². The van der Waals surface area contributed by atoms with Crippen LogP contribution in [0.3, 0.4) is 0 Å². The van der Waals surface area contributed by atoms with Crippen LogP contribution in [0.5, 0.6) is 0 Å². The Bertz CT molecular complexity index is 324. The van der Waals surface area contributed by atoms with Gasteiger partial charge in [0, 0.05) is 0 Å². The van der Waals surface area contributed by atoms with Crippen molar-refractivity contribution in [2.24, 2.45) is 0 Å². The molecule has 0 spiro atoms. The van der Waals surface area contributed by atoms with Gasteiger partial charge in [-0.2, -0.15) is 4.89 Å². The van der Waals surface area contributed by atoms with Gasteiger partial charge in [-0.25, -0.2) is 0 Å². The van der Waals surface area contributed by atoms with E-state index in [1.54, 1.807) is 0 Å². The molecule has 0 radical (unpaired) electrons. The smallest absolute Gasteiger partial charge is 0.300 e. The second kappa shape index (κ2) is 3.86. The molecule has 1 aromatic heterocycles. The molecule has 0 fully saturated rings. The summed E-state index contributed by atoms with van der Waals surface area (Å²) in [4.78, 5) is 8.54. The maximum absolute atomic E-state index is 12.5. The molecule has 0 amide bonds. The van der Waals surface area contributed by atoms with Gasteiger partial charge in [0.15, 0.2) is 0 Å². The second-order valence-electron chi connectivity index (χ2n) is 2.13. The minimum atomic E-state index is -3.65. The van der Waals surface area contributed by atoms with Crippen LogP contribution in [0.4, 0.5) is 4.20 Å². The van der Waals surface area contributed by atoms with Gasteiger partial charge >= 0.3 is 21.2 Å². The first-order valence-corrected chi connectivity index (χ1v) is 6.29. The molecule has 13 heavy (non-hydrogen) atoms. The summed E-state index contributed by atoms with van der Waals surface area (Å²) in [5.74, 6) is 0. The molecule has 0 aliphatic rings. The van der Waals surface area contributed by atoms with Gasteiger partial charge in [-0.05, 0) is 20.6 Å². The van der Waals surface area contributed by atoms with E-state index >= 15 is 0 Å². The third kappa shape index (κ3) is 1.82. The highest BCUT2D eigenvalue weighted by molar-refractivity contribution is 7.59. The maximum Gasteiger partial charge on any atom is 0.656 e. The molecule has 8 heteroatoms. The maximum atomic E-state index is 12.5. The van der Waals surface area contributed by atoms with Crippen molar-refractivity contribution < 1.29 is 23.3 Å². The highest BCUT2D eigenvalue weighted by atomic mass is 32.1. The lowest BCUT2D eigenvalue weighted by molar-refractivity contribution is 0.194. The summed E-state index contributed by atoms with van der Waals surface area (Å²) in [5, 5.41) is 8.08. The number of rotatable bonds is 3. The van der Waals surface area contributed by atoms with Gasteiger partial charge in [-0.3, -0.25) is 5.11 Å². The van der Waals surface area contributed by atoms with Crippen LogP contribution >= 0.6 is 27.5 Å². The van der Waals surface area contributed by atoms with E-state index in [2.05, 4.69) is 0 Å². The molecular weight excluding hydrogens is 237 g/mol. The van der Waals surface area contributed by atoms with Crippen LogP contribution in [0.1, 0.15) is 4.88 Å². The fourth-order valence-electron chi connectivity index (χ4n) is 0.718. The average molecular weight is 242 g/mol. The average Bonchev–Trinajstić information content (AvgIpc) is 2.54. The lowest BCUT2D eigenvalue weighted by Gasteiger charge is -1.95. The van der Waals surface area contributed by atoms with E-state index in [1.807, 2.05) is 0 Å². The second-order valence-corrected chi connectivity index (χ2v) is 5.76. The van der Waals surface area contributed by atoms with Gasteiger partial charge < -0.3 is 0 Å². The third-order valence-electron chi connectivity index (χ3n) is 1.36. The molecular formula is C5H5FO4P2S+2. The standard InChI is InChI=1S/C5H4FO4P2S/c6-11(8)5(7,12(9)10)4-2-1-3-13-4/h1-3,7H/q+1/p+1. The van der Waals surface area contributed by atoms with Crippen LogP contribution in [0.15, 0.2) is 17.5 Å². The Morgan fingerprint density at radius 3 is 2.46 bits per heavy atom. The van der Waals surface area contributed by atoms with Crippen LogP contribution in [0, 0.1) is 0 Å². The van der Waals surface area contributed by atoms with Crippen molar-refractivity contribution in [3.63, 3.8) is 0 Å². The Balaban J connectivity index is 3.21. The van der Waals surface area contributed by atoms with Gasteiger partial charge in [-0.15, -0.1) is 11.3 Å². The lowest BCUT2D eigenvalue weighted by atomic mass is 10.5. The first-order chi connectivity index (χ1) is 5.99. The van der Waals surface area contributed by atoms with E-state index in [9.17, 15) is 18.4 Å². The summed E-state index contributed by atoms with van der Waals surface area (Å²) in [6, 6.07) is 2.71. The van der Waals surface area contributed by atoms with Crippen molar-refractivity contribution >= 4 is 27.5 Å². The van der Waals surface area contributed by atoms with E-state index in [4.69, 9.17) is 4.89 Å². The van der Waals surface area contributed by atoms with Crippen LogP contribution in [0.25, 0.3) is 0 Å². The number of aliphatic hydroxyl groups is 1. The van der Waals surface area contributed by atoms with E-state index in [0.717, 1.165) is 11.3 Å². The Kier molecular flexibility index (Phi) is 3.22. The predicted octanol–water partition coefficient (Wildman–Crippen LogP) is 2.30. The minimum absolute atomic E-state index is 0.111. The quantitative estimate of drug-likeness (QED) is 0.797. The van der Waals surface area contributed by atoms with E-state index in [0.29, 0.717) is 0 Å². The summed E-state index contributed by atoms with van der Waals surface area (Å²) in [5.41, 5.74) is 0. The van der Waals surface area contributed by atoms with Crippen LogP contribution in [-0.2, 0) is 14.2 Å². The topological polar surface area (TPSA) is 74.6 Å². The van der Waals surface area contributed by atoms with Crippen molar-refractivity contribution in [2.75, 3.05) is 0 Å². The molecule has 1 aromatic rings. The number of hydrogen-bond acceptors (Lipinski definition) is 4. The highest BCUT2D eigenvalue weighted by Crippen LogP contribution is 2.60. The highest BCUT2D eigenvalue weighted by Gasteiger charge is 2.71. The lowest BCUT2D eigenvalue weighted by Crippen LogP contribution is -2.12. The zero-order chi connectivity index (χ0) is 10.1. The van der Waals surface area contributed by atoms with Crippen LogP contribution in [-0.4, -0.2) is 10.00 Å². The molecule has 1 rings (SSSR count). The molecule has 0 bridgehead atoms. The number of thiophene rings is 1. The third-order valence-corrected chi connectivity index (χ3v) is 5.14. The first kappa shape index (κ1) is 10.8. The zero-order valence-corrected chi connectivity index (χ0v) is 8.73. The number of hydrogen-bond donors (Lipinski definition) is 2. The van der Waals surface area contributed by atoms with Gasteiger partial charge in [0.25, 0.3) is 0 Å². The normalized spacial score (nSPS) is 17.8. The van der Waals surface area contributed by atoms with E-state index < -0.39 is 21.2 Å².